The second kappa shape index (κ2) is 7.47. The Hall–Kier alpha value is -3.02. The van der Waals surface area contributed by atoms with Crippen molar-refractivity contribution in [3.8, 4) is 11.3 Å². The van der Waals surface area contributed by atoms with Crippen LogP contribution in [0.1, 0.15) is 60.0 Å². The van der Waals surface area contributed by atoms with Crippen LogP contribution in [0.3, 0.4) is 0 Å². The number of hydrogen-bond acceptors (Lipinski definition) is 4. The van der Waals surface area contributed by atoms with E-state index in [1.807, 2.05) is 44.3 Å². The molecule has 0 saturated carbocycles. The molecule has 0 spiro atoms. The molecule has 2 N–H and O–H groups in total. The molecule has 1 aromatic carbocycles. The van der Waals surface area contributed by atoms with Gasteiger partial charge in [-0.05, 0) is 55.2 Å². The highest BCUT2D eigenvalue weighted by Gasteiger charge is 2.16. The standard InChI is InChI=1S/C20H23N5O/c1-12(2)15-7-16(18-6-5-13(3)10-21-18)9-17(8-15)20(26)24-14(4)19-22-11-23-25-19/h5-12,14H,1-4H3,(H,24,26)(H,22,23,25)/t14-/m0/s1. The van der Waals surface area contributed by atoms with E-state index in [2.05, 4.69) is 45.4 Å². The maximum absolute atomic E-state index is 12.8. The first-order valence-corrected chi connectivity index (χ1v) is 8.69. The maximum atomic E-state index is 12.8. The number of aromatic nitrogens is 4. The van der Waals surface area contributed by atoms with Gasteiger partial charge in [-0.25, -0.2) is 0 Å². The van der Waals surface area contributed by atoms with Crippen LogP contribution in [0, 0.1) is 6.92 Å². The Labute approximate surface area is 153 Å². The molecule has 0 aliphatic carbocycles. The highest BCUT2D eigenvalue weighted by molar-refractivity contribution is 5.95. The van der Waals surface area contributed by atoms with Crippen LogP contribution in [0.2, 0.25) is 0 Å². The van der Waals surface area contributed by atoms with Gasteiger partial charge in [0.05, 0.1) is 11.7 Å². The van der Waals surface area contributed by atoms with Crippen LogP contribution < -0.4 is 5.32 Å². The number of aryl methyl sites for hydroxylation is 1. The Kier molecular flexibility index (Phi) is 5.11. The predicted octanol–water partition coefficient (Wildman–Crippen LogP) is 3.79. The van der Waals surface area contributed by atoms with Gasteiger partial charge in [-0.2, -0.15) is 0 Å². The first kappa shape index (κ1) is 17.8. The second-order valence-electron chi connectivity index (χ2n) is 6.79. The molecule has 1 amide bonds. The van der Waals surface area contributed by atoms with Gasteiger partial charge in [0.1, 0.15) is 6.33 Å². The highest BCUT2D eigenvalue weighted by atomic mass is 16.1. The van der Waals surface area contributed by atoms with Crippen molar-refractivity contribution in [2.75, 3.05) is 0 Å². The zero-order valence-electron chi connectivity index (χ0n) is 15.4. The topological polar surface area (TPSA) is 83.6 Å². The lowest BCUT2D eigenvalue weighted by Crippen LogP contribution is -2.27. The molecule has 0 saturated heterocycles. The van der Waals surface area contributed by atoms with E-state index < -0.39 is 0 Å². The summed E-state index contributed by atoms with van der Waals surface area (Å²) in [6.45, 7) is 8.10. The van der Waals surface area contributed by atoms with Crippen molar-refractivity contribution in [2.45, 2.75) is 39.7 Å². The van der Waals surface area contributed by atoms with Crippen molar-refractivity contribution in [2.24, 2.45) is 0 Å². The predicted molar refractivity (Wildman–Crippen MR) is 101 cm³/mol. The third-order valence-electron chi connectivity index (χ3n) is 4.28. The smallest absolute Gasteiger partial charge is 0.251 e. The molecule has 0 radical (unpaired) electrons. The summed E-state index contributed by atoms with van der Waals surface area (Å²) in [6, 6.07) is 9.66. The molecule has 2 heterocycles. The number of aromatic amines is 1. The number of nitrogens with zero attached hydrogens (tertiary/aromatic N) is 3. The minimum Gasteiger partial charge on any atom is -0.342 e. The lowest BCUT2D eigenvalue weighted by atomic mass is 9.96. The van der Waals surface area contributed by atoms with Crippen molar-refractivity contribution in [3.05, 3.63) is 65.4 Å². The number of nitrogens with one attached hydrogen (secondary N) is 2. The van der Waals surface area contributed by atoms with Crippen LogP contribution >= 0.6 is 0 Å². The molecule has 0 bridgehead atoms. The van der Waals surface area contributed by atoms with Crippen molar-refractivity contribution in [3.63, 3.8) is 0 Å². The molecule has 134 valence electrons. The van der Waals surface area contributed by atoms with Crippen molar-refractivity contribution >= 4 is 5.91 Å². The number of amides is 1. The summed E-state index contributed by atoms with van der Waals surface area (Å²) in [5, 5.41) is 10.7. The molecule has 6 nitrogen and oxygen atoms in total. The molecule has 3 aromatic rings. The zero-order valence-corrected chi connectivity index (χ0v) is 15.4. The Balaban J connectivity index is 1.92. The fraction of sp³-hybridized carbons (Fsp3) is 0.300. The van der Waals surface area contributed by atoms with Crippen LogP contribution in [-0.4, -0.2) is 26.1 Å². The Morgan fingerprint density at radius 1 is 1.15 bits per heavy atom. The molecule has 6 heteroatoms. The Morgan fingerprint density at radius 2 is 1.96 bits per heavy atom. The van der Waals surface area contributed by atoms with E-state index in [0.29, 0.717) is 17.3 Å². The summed E-state index contributed by atoms with van der Waals surface area (Å²) in [5.74, 6) is 0.780. The fourth-order valence-electron chi connectivity index (χ4n) is 2.68. The second-order valence-corrected chi connectivity index (χ2v) is 6.79. The number of hydrogen-bond donors (Lipinski definition) is 2. The van der Waals surface area contributed by atoms with E-state index in [0.717, 1.165) is 22.4 Å². The van der Waals surface area contributed by atoms with Crippen molar-refractivity contribution in [1.82, 2.24) is 25.5 Å². The molecule has 1 atom stereocenters. The van der Waals surface area contributed by atoms with E-state index in [1.165, 1.54) is 6.33 Å². The number of carbonyl (C=O) groups excluding carboxylic acids is 1. The molecule has 0 aliphatic rings. The number of carbonyl (C=O) groups is 1. The molecule has 2 aromatic heterocycles. The number of pyridine rings is 1. The summed E-state index contributed by atoms with van der Waals surface area (Å²) >= 11 is 0. The van der Waals surface area contributed by atoms with Gasteiger partial charge < -0.3 is 10.3 Å². The third kappa shape index (κ3) is 3.96. The molecule has 0 fully saturated rings. The van der Waals surface area contributed by atoms with E-state index in [1.54, 1.807) is 0 Å². The monoisotopic (exact) mass is 349 g/mol. The first-order valence-electron chi connectivity index (χ1n) is 8.69. The summed E-state index contributed by atoms with van der Waals surface area (Å²) in [4.78, 5) is 20.2. The molecule has 0 unspecified atom stereocenters. The Morgan fingerprint density at radius 3 is 2.58 bits per heavy atom. The Bertz CT molecular complexity index is 885. The van der Waals surface area contributed by atoms with E-state index in [-0.39, 0.29) is 11.9 Å². The van der Waals surface area contributed by atoms with Crippen LogP contribution in [0.25, 0.3) is 11.3 Å². The first-order chi connectivity index (χ1) is 12.4. The minimum absolute atomic E-state index is 0.148. The van der Waals surface area contributed by atoms with Gasteiger partial charge in [0.2, 0.25) is 0 Å². The summed E-state index contributed by atoms with van der Waals surface area (Å²) in [5.41, 5.74) is 4.61. The molecular formula is C20H23N5O. The highest BCUT2D eigenvalue weighted by Crippen LogP contribution is 2.25. The van der Waals surface area contributed by atoms with E-state index in [4.69, 9.17) is 0 Å². The minimum atomic E-state index is -0.256. The van der Waals surface area contributed by atoms with Crippen LogP contribution in [0.5, 0.6) is 0 Å². The average molecular weight is 349 g/mol. The fourth-order valence-corrected chi connectivity index (χ4v) is 2.68. The van der Waals surface area contributed by atoms with Crippen LogP contribution in [0.15, 0.2) is 42.9 Å². The van der Waals surface area contributed by atoms with Crippen LogP contribution in [0.4, 0.5) is 0 Å². The van der Waals surface area contributed by atoms with Gasteiger partial charge in [0.25, 0.3) is 5.91 Å². The van der Waals surface area contributed by atoms with E-state index >= 15 is 0 Å². The zero-order chi connectivity index (χ0) is 18.7. The van der Waals surface area contributed by atoms with Crippen molar-refractivity contribution < 1.29 is 4.79 Å². The molecular weight excluding hydrogens is 326 g/mol. The number of H-pyrrole nitrogens is 1. The molecule has 26 heavy (non-hydrogen) atoms. The third-order valence-corrected chi connectivity index (χ3v) is 4.28. The quantitative estimate of drug-likeness (QED) is 0.734. The molecule has 0 aliphatic heterocycles. The average Bonchev–Trinajstić information content (AvgIpc) is 3.16. The van der Waals surface area contributed by atoms with E-state index in [9.17, 15) is 4.79 Å². The number of rotatable bonds is 5. The molecule has 3 rings (SSSR count). The maximum Gasteiger partial charge on any atom is 0.251 e. The largest absolute Gasteiger partial charge is 0.342 e. The summed E-state index contributed by atoms with van der Waals surface area (Å²) in [7, 11) is 0. The summed E-state index contributed by atoms with van der Waals surface area (Å²) < 4.78 is 0. The van der Waals surface area contributed by atoms with Gasteiger partial charge in [0, 0.05) is 17.3 Å². The van der Waals surface area contributed by atoms with Gasteiger partial charge in [-0.15, -0.1) is 10.2 Å². The van der Waals surface area contributed by atoms with Crippen LogP contribution in [-0.2, 0) is 0 Å². The lowest BCUT2D eigenvalue weighted by Gasteiger charge is -2.14. The lowest BCUT2D eigenvalue weighted by molar-refractivity contribution is 0.0938. The van der Waals surface area contributed by atoms with Gasteiger partial charge >= 0.3 is 0 Å². The van der Waals surface area contributed by atoms with Gasteiger partial charge in [-0.3, -0.25) is 9.78 Å². The normalized spacial score (nSPS) is 12.2. The summed E-state index contributed by atoms with van der Waals surface area (Å²) in [6.07, 6.45) is 3.33. The SMILES string of the molecule is Cc1ccc(-c2cc(C(=O)N[C@@H](C)c3nnc[nH]3)cc(C(C)C)c2)nc1. The van der Waals surface area contributed by atoms with Crippen molar-refractivity contribution in [1.29, 1.82) is 0 Å². The van der Waals surface area contributed by atoms with Gasteiger partial charge in [-0.1, -0.05) is 19.9 Å². The van der Waals surface area contributed by atoms with Gasteiger partial charge in [0.15, 0.2) is 5.82 Å². The number of benzene rings is 1.